The predicted octanol–water partition coefficient (Wildman–Crippen LogP) is 1.06. The lowest BCUT2D eigenvalue weighted by Crippen LogP contribution is -2.48. The number of nitrogens with zero attached hydrogens (tertiary/aromatic N) is 6. The molecule has 8 nitrogen and oxygen atoms in total. The van der Waals surface area contributed by atoms with E-state index in [1.807, 2.05) is 22.0 Å². The monoisotopic (exact) mass is 355 g/mol. The van der Waals surface area contributed by atoms with E-state index in [-0.39, 0.29) is 5.91 Å². The Morgan fingerprint density at radius 1 is 1.19 bits per heavy atom. The lowest BCUT2D eigenvalue weighted by molar-refractivity contribution is -0.134. The number of hydrogen-bond donors (Lipinski definition) is 1. The van der Waals surface area contributed by atoms with Crippen molar-refractivity contribution < 1.29 is 4.79 Å². The van der Waals surface area contributed by atoms with Crippen LogP contribution in [0.25, 0.3) is 0 Å². The summed E-state index contributed by atoms with van der Waals surface area (Å²) in [5.41, 5.74) is 5.52. The van der Waals surface area contributed by atoms with E-state index in [1.54, 1.807) is 6.20 Å². The number of aromatic nitrogens is 5. The van der Waals surface area contributed by atoms with Gasteiger partial charge in [-0.25, -0.2) is 4.98 Å². The molecule has 0 radical (unpaired) electrons. The van der Waals surface area contributed by atoms with Crippen molar-refractivity contribution in [3.63, 3.8) is 0 Å². The molecule has 1 aliphatic heterocycles. The third-order valence-corrected chi connectivity index (χ3v) is 5.95. The predicted molar refractivity (Wildman–Crippen MR) is 94.3 cm³/mol. The van der Waals surface area contributed by atoms with E-state index >= 15 is 0 Å². The highest BCUT2D eigenvalue weighted by Gasteiger charge is 2.48. The summed E-state index contributed by atoms with van der Waals surface area (Å²) in [6, 6.07) is 0.539. The molecular formula is C18H25N7O. The number of rotatable bonds is 5. The van der Waals surface area contributed by atoms with E-state index < -0.39 is 5.54 Å². The van der Waals surface area contributed by atoms with Crippen molar-refractivity contribution in [3.05, 3.63) is 30.4 Å². The summed E-state index contributed by atoms with van der Waals surface area (Å²) in [6.45, 7) is 2.25. The molecule has 0 spiro atoms. The standard InChI is InChI=1S/C18H25N7O/c19-18(5-6-18)17(26)24-8-3-13(4-9-24)16-22-21-15(25(16)14-1-2-14)11-23-10-7-20-12-23/h7,10,12-14H,1-6,8-9,11,19H2. The number of nitrogens with two attached hydrogens (primary N) is 1. The maximum absolute atomic E-state index is 12.5. The van der Waals surface area contributed by atoms with Crippen molar-refractivity contribution in [2.75, 3.05) is 13.1 Å². The first-order valence-electron chi connectivity index (χ1n) is 9.62. The molecule has 138 valence electrons. The molecule has 3 heterocycles. The maximum atomic E-state index is 12.5. The minimum Gasteiger partial charge on any atom is -0.341 e. The Labute approximate surface area is 152 Å². The minimum absolute atomic E-state index is 0.139. The number of hydrogen-bond acceptors (Lipinski definition) is 5. The molecule has 2 saturated carbocycles. The molecule has 5 rings (SSSR count). The number of carbonyl (C=O) groups is 1. The summed E-state index contributed by atoms with van der Waals surface area (Å²) in [5, 5.41) is 9.06. The van der Waals surface area contributed by atoms with Gasteiger partial charge in [0.05, 0.1) is 18.4 Å². The summed E-state index contributed by atoms with van der Waals surface area (Å²) in [5.74, 6) is 2.62. The van der Waals surface area contributed by atoms with Gasteiger partial charge >= 0.3 is 0 Å². The van der Waals surface area contributed by atoms with Crippen LogP contribution >= 0.6 is 0 Å². The van der Waals surface area contributed by atoms with Gasteiger partial charge < -0.3 is 19.8 Å². The summed E-state index contributed by atoms with van der Waals surface area (Å²) in [4.78, 5) is 18.5. The molecule has 3 aliphatic rings. The smallest absolute Gasteiger partial charge is 0.242 e. The van der Waals surface area contributed by atoms with Gasteiger partial charge in [-0.1, -0.05) is 0 Å². The van der Waals surface area contributed by atoms with Crippen molar-refractivity contribution in [1.29, 1.82) is 0 Å². The Morgan fingerprint density at radius 3 is 2.58 bits per heavy atom. The first-order valence-corrected chi connectivity index (χ1v) is 9.62. The SMILES string of the molecule is NC1(C(=O)N2CCC(c3nnc(Cn4ccnc4)n3C3CC3)CC2)CC1. The average molecular weight is 355 g/mol. The second-order valence-corrected chi connectivity index (χ2v) is 8.03. The van der Waals surface area contributed by atoms with Crippen LogP contribution in [0.2, 0.25) is 0 Å². The Morgan fingerprint density at radius 2 is 1.96 bits per heavy atom. The van der Waals surface area contributed by atoms with Crippen molar-refractivity contribution in [1.82, 2.24) is 29.2 Å². The average Bonchev–Trinajstić information content (AvgIpc) is 3.55. The number of amides is 1. The largest absolute Gasteiger partial charge is 0.341 e. The zero-order chi connectivity index (χ0) is 17.7. The van der Waals surface area contributed by atoms with Crippen molar-refractivity contribution in [2.24, 2.45) is 5.73 Å². The third-order valence-electron chi connectivity index (χ3n) is 5.95. The van der Waals surface area contributed by atoms with E-state index in [4.69, 9.17) is 5.73 Å². The summed E-state index contributed by atoms with van der Waals surface area (Å²) in [7, 11) is 0. The van der Waals surface area contributed by atoms with E-state index in [9.17, 15) is 4.79 Å². The lowest BCUT2D eigenvalue weighted by Gasteiger charge is -2.33. The Balaban J connectivity index is 1.31. The van der Waals surface area contributed by atoms with Crippen LogP contribution in [0.4, 0.5) is 0 Å². The fourth-order valence-electron chi connectivity index (χ4n) is 4.00. The second kappa shape index (κ2) is 5.90. The molecule has 8 heteroatoms. The molecule has 1 amide bonds. The van der Waals surface area contributed by atoms with E-state index in [0.29, 0.717) is 18.5 Å². The van der Waals surface area contributed by atoms with Crippen LogP contribution in [-0.2, 0) is 11.3 Å². The third kappa shape index (κ3) is 2.82. The zero-order valence-electron chi connectivity index (χ0n) is 14.9. The summed E-state index contributed by atoms with van der Waals surface area (Å²) < 4.78 is 4.39. The second-order valence-electron chi connectivity index (χ2n) is 8.03. The minimum atomic E-state index is -0.557. The molecule has 0 aromatic carbocycles. The van der Waals surface area contributed by atoms with Gasteiger partial charge in [0.15, 0.2) is 5.82 Å². The summed E-state index contributed by atoms with van der Waals surface area (Å²) >= 11 is 0. The van der Waals surface area contributed by atoms with Crippen LogP contribution in [0.15, 0.2) is 18.7 Å². The van der Waals surface area contributed by atoms with Gasteiger partial charge in [0.1, 0.15) is 5.82 Å². The zero-order valence-corrected chi connectivity index (χ0v) is 14.9. The lowest BCUT2D eigenvalue weighted by atomic mass is 9.95. The molecule has 2 aromatic rings. The molecule has 3 fully saturated rings. The maximum Gasteiger partial charge on any atom is 0.242 e. The molecule has 0 unspecified atom stereocenters. The van der Waals surface area contributed by atoms with Crippen LogP contribution in [0.1, 0.15) is 62.1 Å². The van der Waals surface area contributed by atoms with Crippen LogP contribution in [0.3, 0.4) is 0 Å². The number of imidazole rings is 1. The van der Waals surface area contributed by atoms with Gasteiger partial charge in [-0.15, -0.1) is 10.2 Å². The Bertz CT molecular complexity index is 796. The van der Waals surface area contributed by atoms with Crippen molar-refractivity contribution in [3.8, 4) is 0 Å². The topological polar surface area (TPSA) is 94.9 Å². The van der Waals surface area contributed by atoms with Gasteiger partial charge in [-0.05, 0) is 38.5 Å². The van der Waals surface area contributed by atoms with Crippen LogP contribution in [0.5, 0.6) is 0 Å². The Hall–Kier alpha value is -2.22. The summed E-state index contributed by atoms with van der Waals surface area (Å²) in [6.07, 6.45) is 11.5. The Kier molecular flexibility index (Phi) is 3.63. The van der Waals surface area contributed by atoms with E-state index in [1.165, 1.54) is 12.8 Å². The highest BCUT2D eigenvalue weighted by molar-refractivity contribution is 5.89. The highest BCUT2D eigenvalue weighted by atomic mass is 16.2. The molecule has 2 aromatic heterocycles. The number of piperidine rings is 1. The van der Waals surface area contributed by atoms with Gasteiger partial charge in [0.25, 0.3) is 0 Å². The van der Waals surface area contributed by atoms with Crippen LogP contribution in [0, 0.1) is 0 Å². The molecule has 2 N–H and O–H groups in total. The molecule has 1 saturated heterocycles. The van der Waals surface area contributed by atoms with Gasteiger partial charge in [0, 0.05) is 37.4 Å². The first kappa shape index (κ1) is 16.0. The number of carbonyl (C=O) groups excluding carboxylic acids is 1. The fraction of sp³-hybridized carbons (Fsp3) is 0.667. The molecule has 2 aliphatic carbocycles. The molecule has 0 atom stereocenters. The number of likely N-dealkylation sites (tertiary alicyclic amines) is 1. The fourth-order valence-corrected chi connectivity index (χ4v) is 4.00. The van der Waals surface area contributed by atoms with E-state index in [2.05, 4.69) is 19.7 Å². The normalized spacial score (nSPS) is 22.6. The van der Waals surface area contributed by atoms with Gasteiger partial charge in [-0.2, -0.15) is 0 Å². The van der Waals surface area contributed by atoms with Crippen LogP contribution in [-0.4, -0.2) is 53.8 Å². The van der Waals surface area contributed by atoms with Crippen molar-refractivity contribution in [2.45, 2.75) is 62.6 Å². The molecule has 0 bridgehead atoms. The molecular weight excluding hydrogens is 330 g/mol. The van der Waals surface area contributed by atoms with Gasteiger partial charge in [-0.3, -0.25) is 4.79 Å². The molecule has 26 heavy (non-hydrogen) atoms. The van der Waals surface area contributed by atoms with Gasteiger partial charge in [0.2, 0.25) is 5.91 Å². The van der Waals surface area contributed by atoms with Crippen molar-refractivity contribution >= 4 is 5.91 Å². The highest BCUT2D eigenvalue weighted by Crippen LogP contribution is 2.41. The first-order chi connectivity index (χ1) is 12.6. The van der Waals surface area contributed by atoms with Crippen LogP contribution < -0.4 is 5.73 Å². The quantitative estimate of drug-likeness (QED) is 0.865. The van der Waals surface area contributed by atoms with E-state index in [0.717, 1.165) is 50.4 Å².